The maximum absolute atomic E-state index is 6.33. The van der Waals surface area contributed by atoms with E-state index in [-0.39, 0.29) is 6.04 Å². The molecule has 1 aromatic heterocycles. The van der Waals surface area contributed by atoms with E-state index in [1.807, 2.05) is 14.0 Å². The minimum Gasteiger partial charge on any atom is -0.309 e. The van der Waals surface area contributed by atoms with Gasteiger partial charge in [-0.2, -0.15) is 0 Å². The van der Waals surface area contributed by atoms with E-state index in [9.17, 15) is 0 Å². The van der Waals surface area contributed by atoms with Gasteiger partial charge in [0.15, 0.2) is 0 Å². The topological polar surface area (TPSA) is 12.0 Å². The molecule has 0 saturated carbocycles. The fraction of sp³-hybridized carbons (Fsp3) is 0.286. The van der Waals surface area contributed by atoms with E-state index >= 15 is 0 Å². The summed E-state index contributed by atoms with van der Waals surface area (Å²) >= 11 is 8.05. The van der Waals surface area contributed by atoms with E-state index in [1.54, 1.807) is 11.3 Å². The van der Waals surface area contributed by atoms with Crippen molar-refractivity contribution in [3.05, 3.63) is 56.2 Å². The Morgan fingerprint density at radius 1 is 1.18 bits per heavy atom. The quantitative estimate of drug-likeness (QED) is 0.871. The van der Waals surface area contributed by atoms with Crippen LogP contribution in [0.2, 0.25) is 5.02 Å². The smallest absolute Gasteiger partial charge is 0.0683 e. The van der Waals surface area contributed by atoms with Crippen LogP contribution in [-0.4, -0.2) is 7.05 Å². The molecule has 0 fully saturated rings. The predicted octanol–water partition coefficient (Wildman–Crippen LogP) is 4.33. The molecule has 0 saturated heterocycles. The molecule has 0 amide bonds. The Morgan fingerprint density at radius 3 is 2.29 bits per heavy atom. The number of rotatable bonds is 3. The third-order valence-corrected chi connectivity index (χ3v) is 4.67. The highest BCUT2D eigenvalue weighted by Gasteiger charge is 2.17. The Balaban J connectivity index is 2.40. The second-order valence-electron chi connectivity index (χ2n) is 4.23. The summed E-state index contributed by atoms with van der Waals surface area (Å²) in [4.78, 5) is 1.19. The number of nitrogens with one attached hydrogen (secondary N) is 1. The zero-order valence-electron chi connectivity index (χ0n) is 10.3. The van der Waals surface area contributed by atoms with E-state index in [1.165, 1.54) is 16.0 Å². The molecule has 17 heavy (non-hydrogen) atoms. The van der Waals surface area contributed by atoms with Crippen molar-refractivity contribution >= 4 is 22.9 Å². The second-order valence-corrected chi connectivity index (χ2v) is 5.52. The molecule has 0 aliphatic heterocycles. The van der Waals surface area contributed by atoms with E-state index < -0.39 is 0 Å². The van der Waals surface area contributed by atoms with Gasteiger partial charge in [0.2, 0.25) is 0 Å². The third-order valence-electron chi connectivity index (χ3n) is 2.89. The summed E-state index contributed by atoms with van der Waals surface area (Å²) in [6, 6.07) is 8.76. The predicted molar refractivity (Wildman–Crippen MR) is 76.1 cm³/mol. The van der Waals surface area contributed by atoms with Gasteiger partial charge in [0, 0.05) is 4.88 Å². The van der Waals surface area contributed by atoms with Gasteiger partial charge >= 0.3 is 0 Å². The van der Waals surface area contributed by atoms with Crippen LogP contribution in [0.5, 0.6) is 0 Å². The number of hydrogen-bond donors (Lipinski definition) is 1. The number of halogens is 1. The van der Waals surface area contributed by atoms with Crippen LogP contribution in [-0.2, 0) is 0 Å². The van der Waals surface area contributed by atoms with Gasteiger partial charge in [-0.05, 0) is 37.4 Å². The standard InChI is InChI=1S/C14H16ClNS/c1-9-4-6-11(7-5-9)13(16-3)14-12(15)10(2)8-17-14/h4-8,13,16H,1-3H3. The highest BCUT2D eigenvalue weighted by Crippen LogP contribution is 2.35. The lowest BCUT2D eigenvalue weighted by molar-refractivity contribution is 0.703. The molecule has 1 heterocycles. The van der Waals surface area contributed by atoms with Crippen molar-refractivity contribution in [2.24, 2.45) is 0 Å². The second kappa shape index (κ2) is 5.21. The maximum atomic E-state index is 6.33. The van der Waals surface area contributed by atoms with Gasteiger partial charge in [-0.15, -0.1) is 11.3 Å². The minimum atomic E-state index is 0.182. The van der Waals surface area contributed by atoms with Gasteiger partial charge in [0.1, 0.15) is 0 Å². The summed E-state index contributed by atoms with van der Waals surface area (Å²) in [6.45, 7) is 4.14. The van der Waals surface area contributed by atoms with Crippen molar-refractivity contribution in [3.8, 4) is 0 Å². The van der Waals surface area contributed by atoms with Gasteiger partial charge in [-0.1, -0.05) is 41.4 Å². The van der Waals surface area contributed by atoms with Gasteiger partial charge in [-0.25, -0.2) is 0 Å². The van der Waals surface area contributed by atoms with Crippen molar-refractivity contribution in [1.82, 2.24) is 5.32 Å². The van der Waals surface area contributed by atoms with Crippen LogP contribution in [0.15, 0.2) is 29.6 Å². The first-order valence-corrected chi connectivity index (χ1v) is 6.86. The Hall–Kier alpha value is -0.830. The fourth-order valence-electron chi connectivity index (χ4n) is 1.85. The molecule has 2 aromatic rings. The van der Waals surface area contributed by atoms with Crippen molar-refractivity contribution in [1.29, 1.82) is 0 Å². The van der Waals surface area contributed by atoms with Crippen molar-refractivity contribution in [2.75, 3.05) is 7.05 Å². The molecule has 0 aliphatic carbocycles. The highest BCUT2D eigenvalue weighted by molar-refractivity contribution is 7.10. The summed E-state index contributed by atoms with van der Waals surface area (Å²) in [7, 11) is 1.97. The lowest BCUT2D eigenvalue weighted by Gasteiger charge is -2.16. The summed E-state index contributed by atoms with van der Waals surface area (Å²) < 4.78 is 0. The summed E-state index contributed by atoms with van der Waals surface area (Å²) in [5.41, 5.74) is 3.68. The molecule has 1 N–H and O–H groups in total. The molecule has 0 spiro atoms. The van der Waals surface area contributed by atoms with Crippen LogP contribution in [0.3, 0.4) is 0 Å². The molecule has 2 rings (SSSR count). The van der Waals surface area contributed by atoms with Gasteiger partial charge < -0.3 is 5.32 Å². The third kappa shape index (κ3) is 2.54. The van der Waals surface area contributed by atoms with E-state index in [2.05, 4.69) is 41.9 Å². The fourth-order valence-corrected chi connectivity index (χ4v) is 3.29. The lowest BCUT2D eigenvalue weighted by Crippen LogP contribution is -2.16. The van der Waals surface area contributed by atoms with Gasteiger partial charge in [0.25, 0.3) is 0 Å². The Morgan fingerprint density at radius 2 is 1.82 bits per heavy atom. The first-order chi connectivity index (χ1) is 8.13. The molecular formula is C14H16ClNS. The number of hydrogen-bond acceptors (Lipinski definition) is 2. The van der Waals surface area contributed by atoms with E-state index in [4.69, 9.17) is 11.6 Å². The molecule has 0 aliphatic rings. The molecule has 3 heteroatoms. The molecular weight excluding hydrogens is 250 g/mol. The average molecular weight is 266 g/mol. The summed E-state index contributed by atoms with van der Waals surface area (Å²) in [6.07, 6.45) is 0. The summed E-state index contributed by atoms with van der Waals surface area (Å²) in [5, 5.41) is 6.33. The highest BCUT2D eigenvalue weighted by atomic mass is 35.5. The first-order valence-electron chi connectivity index (χ1n) is 5.60. The van der Waals surface area contributed by atoms with Gasteiger partial charge in [0.05, 0.1) is 11.1 Å². The largest absolute Gasteiger partial charge is 0.309 e. The Bertz CT molecular complexity index is 501. The van der Waals surface area contributed by atoms with Crippen LogP contribution in [0.25, 0.3) is 0 Å². The SMILES string of the molecule is CNC(c1ccc(C)cc1)c1scc(C)c1Cl. The van der Waals surface area contributed by atoms with Crippen molar-refractivity contribution < 1.29 is 0 Å². The van der Waals surface area contributed by atoms with Crippen molar-refractivity contribution in [3.63, 3.8) is 0 Å². The minimum absolute atomic E-state index is 0.182. The lowest BCUT2D eigenvalue weighted by atomic mass is 10.0. The maximum Gasteiger partial charge on any atom is 0.0683 e. The zero-order chi connectivity index (χ0) is 12.4. The van der Waals surface area contributed by atoms with Crippen LogP contribution in [0.1, 0.15) is 27.6 Å². The van der Waals surface area contributed by atoms with E-state index in [0.717, 1.165) is 10.6 Å². The van der Waals surface area contributed by atoms with Crippen molar-refractivity contribution in [2.45, 2.75) is 19.9 Å². The monoisotopic (exact) mass is 265 g/mol. The molecule has 90 valence electrons. The molecule has 0 bridgehead atoms. The molecule has 1 nitrogen and oxygen atoms in total. The molecule has 1 aromatic carbocycles. The number of benzene rings is 1. The number of thiophene rings is 1. The Kier molecular flexibility index (Phi) is 3.87. The first kappa shape index (κ1) is 12.6. The average Bonchev–Trinajstić information content (AvgIpc) is 2.65. The summed E-state index contributed by atoms with van der Waals surface area (Å²) in [5.74, 6) is 0. The van der Waals surface area contributed by atoms with Crippen LogP contribution < -0.4 is 5.32 Å². The normalized spacial score (nSPS) is 12.7. The van der Waals surface area contributed by atoms with Crippen LogP contribution in [0.4, 0.5) is 0 Å². The molecule has 1 unspecified atom stereocenters. The number of aryl methyl sites for hydroxylation is 2. The molecule has 1 atom stereocenters. The van der Waals surface area contributed by atoms with Crippen LogP contribution in [0, 0.1) is 13.8 Å². The Labute approximate surface area is 111 Å². The molecule has 0 radical (unpaired) electrons. The zero-order valence-corrected chi connectivity index (χ0v) is 11.8. The van der Waals surface area contributed by atoms with E-state index in [0.29, 0.717) is 0 Å². The van der Waals surface area contributed by atoms with Crippen LogP contribution >= 0.6 is 22.9 Å². The van der Waals surface area contributed by atoms with Gasteiger partial charge in [-0.3, -0.25) is 0 Å².